The van der Waals surface area contributed by atoms with E-state index in [-0.39, 0.29) is 49.3 Å². The Balaban J connectivity index is 1.68. The van der Waals surface area contributed by atoms with Gasteiger partial charge in [-0.1, -0.05) is 52.3 Å². The van der Waals surface area contributed by atoms with Crippen molar-refractivity contribution in [1.29, 1.82) is 0 Å². The summed E-state index contributed by atoms with van der Waals surface area (Å²) < 4.78 is 32.0. The van der Waals surface area contributed by atoms with E-state index in [2.05, 4.69) is 41.6 Å². The standard InChI is InChI=1S/C30H19Br2N5O7S/c31-18-12-13-24-21(15-18)26(36-29(39)20-8-1-3-10-23(20)33-30(36)40)27(35(24)16-17-6-5-7-19(14-17)37(41)42)28(38)34-45(43,44)25-11-4-2-9-22(25)32/h1-15H,16H2,(H,33,40)(H,34,38). The van der Waals surface area contributed by atoms with Gasteiger partial charge in [0.05, 0.1) is 27.0 Å². The molecule has 0 bridgehead atoms. The molecular weight excluding hydrogens is 734 g/mol. The van der Waals surface area contributed by atoms with E-state index in [1.807, 2.05) is 0 Å². The number of aromatic amines is 1. The number of carbonyl (C=O) groups is 1. The van der Waals surface area contributed by atoms with Crippen molar-refractivity contribution >= 4 is 75.3 Å². The van der Waals surface area contributed by atoms with Crippen molar-refractivity contribution in [2.75, 3.05) is 0 Å². The molecule has 0 spiro atoms. The first kappa shape index (κ1) is 30.2. The average molecular weight is 753 g/mol. The van der Waals surface area contributed by atoms with Gasteiger partial charge in [0.25, 0.3) is 27.2 Å². The van der Waals surface area contributed by atoms with Crippen molar-refractivity contribution in [1.82, 2.24) is 18.8 Å². The van der Waals surface area contributed by atoms with Crippen LogP contribution >= 0.6 is 31.9 Å². The normalized spacial score (nSPS) is 11.6. The molecule has 6 aromatic rings. The first-order chi connectivity index (χ1) is 21.5. The molecular formula is C30H19Br2N5O7S. The highest BCUT2D eigenvalue weighted by Crippen LogP contribution is 2.33. The molecule has 0 saturated heterocycles. The number of amides is 1. The summed E-state index contributed by atoms with van der Waals surface area (Å²) in [5.74, 6) is -1.14. The second-order valence-electron chi connectivity index (χ2n) is 9.85. The zero-order valence-corrected chi connectivity index (χ0v) is 26.7. The molecule has 0 aliphatic rings. The van der Waals surface area contributed by atoms with Crippen molar-refractivity contribution in [3.8, 4) is 5.69 Å². The van der Waals surface area contributed by atoms with E-state index in [1.165, 1.54) is 47.0 Å². The van der Waals surface area contributed by atoms with Gasteiger partial charge in [-0.3, -0.25) is 19.7 Å². The lowest BCUT2D eigenvalue weighted by atomic mass is 10.2. The highest BCUT2D eigenvalue weighted by molar-refractivity contribution is 9.10. The number of hydrogen-bond donors (Lipinski definition) is 2. The monoisotopic (exact) mass is 751 g/mol. The fourth-order valence-electron chi connectivity index (χ4n) is 5.13. The molecule has 0 aliphatic carbocycles. The quantitative estimate of drug-likeness (QED) is 0.166. The minimum Gasteiger partial charge on any atom is -0.330 e. The number of non-ortho nitro benzene ring substituents is 1. The van der Waals surface area contributed by atoms with Crippen molar-refractivity contribution < 1.29 is 18.1 Å². The number of nitrogens with zero attached hydrogens (tertiary/aromatic N) is 3. The van der Waals surface area contributed by atoms with Crippen LogP contribution in [0.3, 0.4) is 0 Å². The van der Waals surface area contributed by atoms with Crippen molar-refractivity contribution in [3.63, 3.8) is 0 Å². The number of H-pyrrole nitrogens is 1. The molecule has 0 atom stereocenters. The van der Waals surface area contributed by atoms with Gasteiger partial charge in [-0.2, -0.15) is 0 Å². The van der Waals surface area contributed by atoms with Crippen LogP contribution in [0.5, 0.6) is 0 Å². The minimum absolute atomic E-state index is 0.152. The molecule has 45 heavy (non-hydrogen) atoms. The van der Waals surface area contributed by atoms with Gasteiger partial charge in [0.1, 0.15) is 10.6 Å². The van der Waals surface area contributed by atoms with Crippen molar-refractivity contribution in [2.24, 2.45) is 0 Å². The van der Waals surface area contributed by atoms with E-state index in [9.17, 15) is 32.9 Å². The fourth-order valence-corrected chi connectivity index (χ4v) is 7.45. The van der Waals surface area contributed by atoms with E-state index in [0.717, 1.165) is 4.57 Å². The first-order valence-electron chi connectivity index (χ1n) is 13.1. The van der Waals surface area contributed by atoms with E-state index in [4.69, 9.17) is 0 Å². The Hall–Kier alpha value is -4.86. The lowest BCUT2D eigenvalue weighted by Gasteiger charge is -2.14. The molecule has 2 heterocycles. The lowest BCUT2D eigenvalue weighted by molar-refractivity contribution is -0.384. The maximum Gasteiger partial charge on any atom is 0.333 e. The molecule has 0 aliphatic heterocycles. The van der Waals surface area contributed by atoms with Gasteiger partial charge in [0, 0.05) is 33.0 Å². The Morgan fingerprint density at radius 2 is 1.64 bits per heavy atom. The molecule has 0 saturated carbocycles. The molecule has 226 valence electrons. The zero-order chi connectivity index (χ0) is 32.0. The van der Waals surface area contributed by atoms with Crippen molar-refractivity contribution in [2.45, 2.75) is 11.4 Å². The number of nitrogens with one attached hydrogen (secondary N) is 2. The Bertz CT molecular complexity index is 2430. The Morgan fingerprint density at radius 3 is 2.40 bits per heavy atom. The van der Waals surface area contributed by atoms with Gasteiger partial charge in [0.2, 0.25) is 0 Å². The Labute approximate surface area is 270 Å². The predicted octanol–water partition coefficient (Wildman–Crippen LogP) is 5.23. The number of nitro groups is 1. The number of sulfonamides is 1. The Morgan fingerprint density at radius 1 is 0.911 bits per heavy atom. The van der Waals surface area contributed by atoms with Gasteiger partial charge in [-0.15, -0.1) is 0 Å². The summed E-state index contributed by atoms with van der Waals surface area (Å²) in [6, 6.07) is 22.8. The molecule has 6 rings (SSSR count). The van der Waals surface area contributed by atoms with E-state index in [1.54, 1.807) is 48.5 Å². The molecule has 0 fully saturated rings. The SMILES string of the molecule is O=C(NS(=O)(=O)c1ccccc1Br)c1c(-n2c(=O)[nH]c3ccccc3c2=O)c2cc(Br)ccc2n1Cc1cccc([N+](=O)[O-])c1. The molecule has 4 aromatic carbocycles. The van der Waals surface area contributed by atoms with Crippen LogP contribution in [0.15, 0.2) is 114 Å². The molecule has 1 amide bonds. The number of fused-ring (bicyclic) bond motifs is 2. The van der Waals surface area contributed by atoms with Gasteiger partial charge in [-0.25, -0.2) is 22.5 Å². The van der Waals surface area contributed by atoms with Crippen LogP contribution in [-0.2, 0) is 16.6 Å². The molecule has 2 N–H and O–H groups in total. The summed E-state index contributed by atoms with van der Waals surface area (Å²) in [7, 11) is -4.48. The highest BCUT2D eigenvalue weighted by atomic mass is 79.9. The van der Waals surface area contributed by atoms with Gasteiger partial charge >= 0.3 is 5.69 Å². The Kier molecular flexibility index (Phi) is 7.76. The second kappa shape index (κ2) is 11.6. The summed E-state index contributed by atoms with van der Waals surface area (Å²) in [5.41, 5.74) is -1.30. The predicted molar refractivity (Wildman–Crippen MR) is 174 cm³/mol. The third kappa shape index (κ3) is 5.49. The van der Waals surface area contributed by atoms with Crippen LogP contribution in [0.25, 0.3) is 27.5 Å². The van der Waals surface area contributed by atoms with Crippen molar-refractivity contribution in [3.05, 3.63) is 142 Å². The van der Waals surface area contributed by atoms with E-state index >= 15 is 0 Å². The van der Waals surface area contributed by atoms with Gasteiger partial charge < -0.3 is 9.55 Å². The summed E-state index contributed by atoms with van der Waals surface area (Å²) in [4.78, 5) is 55.0. The fraction of sp³-hybridized carbons (Fsp3) is 0.0333. The number of nitro benzene ring substituents is 1. The van der Waals surface area contributed by atoms with Crippen LogP contribution in [0, 0.1) is 10.1 Å². The molecule has 0 unspecified atom stereocenters. The smallest absolute Gasteiger partial charge is 0.330 e. The first-order valence-corrected chi connectivity index (χ1v) is 16.1. The number of benzene rings is 4. The highest BCUT2D eigenvalue weighted by Gasteiger charge is 2.30. The van der Waals surface area contributed by atoms with Gasteiger partial charge in [-0.05, 0) is 64.0 Å². The summed E-state index contributed by atoms with van der Waals surface area (Å²) in [6.07, 6.45) is 0. The van der Waals surface area contributed by atoms with Crippen LogP contribution in [0.1, 0.15) is 16.1 Å². The largest absolute Gasteiger partial charge is 0.333 e. The number of hydrogen-bond acceptors (Lipinski definition) is 7. The summed E-state index contributed by atoms with van der Waals surface area (Å²) >= 11 is 6.61. The van der Waals surface area contributed by atoms with Gasteiger partial charge in [0.15, 0.2) is 0 Å². The van der Waals surface area contributed by atoms with Crippen LogP contribution in [0.2, 0.25) is 0 Å². The number of carbonyl (C=O) groups excluding carboxylic acids is 1. The molecule has 2 aromatic heterocycles. The molecule has 12 nitrogen and oxygen atoms in total. The minimum atomic E-state index is -4.48. The maximum absolute atomic E-state index is 14.2. The number of rotatable bonds is 7. The lowest BCUT2D eigenvalue weighted by Crippen LogP contribution is -2.37. The number of para-hydroxylation sites is 1. The van der Waals surface area contributed by atoms with Crippen LogP contribution < -0.4 is 16.0 Å². The second-order valence-corrected chi connectivity index (χ2v) is 13.3. The maximum atomic E-state index is 14.2. The summed E-state index contributed by atoms with van der Waals surface area (Å²) in [6.45, 7) is -0.155. The molecule has 15 heteroatoms. The van der Waals surface area contributed by atoms with E-state index < -0.39 is 32.1 Å². The summed E-state index contributed by atoms with van der Waals surface area (Å²) in [5, 5.41) is 11.9. The molecule has 0 radical (unpaired) electrons. The van der Waals surface area contributed by atoms with E-state index in [0.29, 0.717) is 15.6 Å². The van der Waals surface area contributed by atoms with Crippen LogP contribution in [0.4, 0.5) is 5.69 Å². The number of aromatic nitrogens is 3. The average Bonchev–Trinajstić information content (AvgIpc) is 3.29. The third-order valence-electron chi connectivity index (χ3n) is 7.06. The topological polar surface area (TPSA) is 166 Å². The third-order valence-corrected chi connectivity index (χ3v) is 9.89. The van der Waals surface area contributed by atoms with Crippen LogP contribution in [-0.4, -0.2) is 33.4 Å². The number of halogens is 2. The zero-order valence-electron chi connectivity index (χ0n) is 22.7.